The number of fused-ring (bicyclic) bond motifs is 2. The van der Waals surface area contributed by atoms with E-state index < -0.39 is 0 Å². The Balaban J connectivity index is 1.99. The zero-order valence-electron chi connectivity index (χ0n) is 40.3. The normalized spacial score (nSPS) is 16.4. The van der Waals surface area contributed by atoms with E-state index in [2.05, 4.69) is 206 Å². The first-order valence-corrected chi connectivity index (χ1v) is 22.9. The fraction of sp³-hybridized carbons (Fsp3) is 0.527. The quantitative estimate of drug-likeness (QED) is 0.0937. The highest BCUT2D eigenvalue weighted by molar-refractivity contribution is 6.86. The smallest absolute Gasteiger partial charge is 0.287 e. The molecule has 3 aromatic rings. The molecule has 0 unspecified atom stereocenters. The van der Waals surface area contributed by atoms with Crippen LogP contribution >= 0.6 is 0 Å². The molecule has 0 amide bonds. The number of furan rings is 1. The second-order valence-electron chi connectivity index (χ2n) is 20.9. The lowest BCUT2D eigenvalue weighted by Crippen LogP contribution is -2.39. The Hall–Kier alpha value is -3.92. The molecular weight excluding hydrogens is 715 g/mol. The van der Waals surface area contributed by atoms with Gasteiger partial charge in [-0.05, 0) is 158 Å². The Bertz CT molecular complexity index is 1980. The molecule has 1 aliphatic carbocycles. The van der Waals surface area contributed by atoms with Crippen molar-refractivity contribution >= 4 is 29.0 Å². The summed E-state index contributed by atoms with van der Waals surface area (Å²) in [6.45, 7) is 37.3. The molecule has 0 aliphatic heterocycles. The second-order valence-corrected chi connectivity index (χ2v) is 20.9. The van der Waals surface area contributed by atoms with Crippen molar-refractivity contribution in [1.29, 1.82) is 0 Å². The molecule has 0 atom stereocenters. The number of anilines is 1. The first kappa shape index (κ1) is 47.8. The van der Waals surface area contributed by atoms with Gasteiger partial charge in [-0.25, -0.2) is 0 Å². The molecule has 3 nitrogen and oxygen atoms in total. The van der Waals surface area contributed by atoms with Crippen molar-refractivity contribution < 1.29 is 4.42 Å². The van der Waals surface area contributed by atoms with E-state index in [1.165, 1.54) is 64.3 Å². The molecule has 1 aliphatic rings. The van der Waals surface area contributed by atoms with Crippen LogP contribution in [0.25, 0.3) is 11.0 Å². The molecule has 0 spiro atoms. The third-order valence-corrected chi connectivity index (χ3v) is 12.5. The summed E-state index contributed by atoms with van der Waals surface area (Å²) in [6, 6.07) is 16.3. The lowest BCUT2D eigenvalue weighted by atomic mass is 9.37. The van der Waals surface area contributed by atoms with E-state index in [-0.39, 0.29) is 23.0 Å². The predicted molar refractivity (Wildman–Crippen MR) is 263 cm³/mol. The summed E-state index contributed by atoms with van der Waals surface area (Å²) in [7, 11) is 0. The molecule has 0 saturated carbocycles. The standard InChI is InChI=1S/C55H81BN2O/c1-17-44(23-19-21-38(3)4)56(52-35-42-34-47-48(36-51(42)59-52)55(15,16)32-31-54(47,13)14)49(37-57-45(18-2)24-20-22-39(5)6)50(33-41(9)10)58-46-27-25-43(26-28-46)53(11,12)30-29-40(7)8/h17-20,23-28,33-36,38-40,57-58H,21-22,29-32,37H2,1-16H3/b23-19-,24-20-,44-17+,45-18+,50-49-. The third kappa shape index (κ3) is 13.0. The predicted octanol–water partition coefficient (Wildman–Crippen LogP) is 15.3. The fourth-order valence-electron chi connectivity index (χ4n) is 8.36. The summed E-state index contributed by atoms with van der Waals surface area (Å²) in [5.41, 5.74) is 13.5. The Morgan fingerprint density at radius 1 is 0.797 bits per heavy atom. The summed E-state index contributed by atoms with van der Waals surface area (Å²) in [5, 5.41) is 9.05. The van der Waals surface area contributed by atoms with Gasteiger partial charge in [0.2, 0.25) is 0 Å². The molecule has 2 aromatic carbocycles. The van der Waals surface area contributed by atoms with E-state index in [0.717, 1.165) is 41.2 Å². The van der Waals surface area contributed by atoms with Gasteiger partial charge >= 0.3 is 0 Å². The fourth-order valence-corrected chi connectivity index (χ4v) is 8.36. The van der Waals surface area contributed by atoms with Crippen molar-refractivity contribution in [3.8, 4) is 0 Å². The van der Waals surface area contributed by atoms with Gasteiger partial charge in [0.25, 0.3) is 6.71 Å². The van der Waals surface area contributed by atoms with Crippen LogP contribution in [0.1, 0.15) is 166 Å². The Morgan fingerprint density at radius 3 is 1.93 bits per heavy atom. The average molecular weight is 797 g/mol. The molecule has 320 valence electrons. The number of hydrogen-bond donors (Lipinski definition) is 2. The number of allylic oxidation sites excluding steroid dienone is 9. The molecule has 0 bridgehead atoms. The van der Waals surface area contributed by atoms with Gasteiger partial charge in [0.15, 0.2) is 0 Å². The van der Waals surface area contributed by atoms with Gasteiger partial charge in [-0.2, -0.15) is 0 Å². The van der Waals surface area contributed by atoms with Crippen LogP contribution in [-0.4, -0.2) is 13.3 Å². The molecule has 1 aromatic heterocycles. The zero-order valence-corrected chi connectivity index (χ0v) is 40.3. The zero-order chi connectivity index (χ0) is 43.7. The Labute approximate surface area is 362 Å². The van der Waals surface area contributed by atoms with E-state index in [4.69, 9.17) is 4.42 Å². The molecule has 1 heterocycles. The summed E-state index contributed by atoms with van der Waals surface area (Å²) in [6.07, 6.45) is 22.8. The molecular formula is C55H81BN2O. The van der Waals surface area contributed by atoms with Crippen LogP contribution in [0.2, 0.25) is 0 Å². The van der Waals surface area contributed by atoms with Crippen molar-refractivity contribution in [3.63, 3.8) is 0 Å². The van der Waals surface area contributed by atoms with Gasteiger partial charge in [-0.1, -0.05) is 143 Å². The third-order valence-electron chi connectivity index (χ3n) is 12.5. The maximum atomic E-state index is 7.16. The van der Waals surface area contributed by atoms with Crippen LogP contribution in [0, 0.1) is 17.8 Å². The van der Waals surface area contributed by atoms with Crippen molar-refractivity contribution in [2.75, 3.05) is 11.9 Å². The van der Waals surface area contributed by atoms with Crippen molar-refractivity contribution in [1.82, 2.24) is 5.32 Å². The van der Waals surface area contributed by atoms with Gasteiger partial charge in [0.05, 0.1) is 5.66 Å². The van der Waals surface area contributed by atoms with E-state index >= 15 is 0 Å². The Kier molecular flexibility index (Phi) is 16.6. The van der Waals surface area contributed by atoms with Gasteiger partial charge < -0.3 is 15.1 Å². The minimum atomic E-state index is -0.147. The molecule has 0 saturated heterocycles. The minimum absolute atomic E-state index is 0.0974. The first-order valence-electron chi connectivity index (χ1n) is 22.9. The van der Waals surface area contributed by atoms with E-state index in [1.54, 1.807) is 0 Å². The van der Waals surface area contributed by atoms with Gasteiger partial charge in [-0.3, -0.25) is 0 Å². The highest BCUT2D eigenvalue weighted by Gasteiger charge is 2.38. The van der Waals surface area contributed by atoms with E-state index in [9.17, 15) is 0 Å². The summed E-state index contributed by atoms with van der Waals surface area (Å²) in [5.74, 6) is 1.87. The number of nitrogens with one attached hydrogen (secondary N) is 2. The van der Waals surface area contributed by atoms with Crippen LogP contribution in [0.15, 0.2) is 117 Å². The van der Waals surface area contributed by atoms with E-state index in [0.29, 0.717) is 24.3 Å². The molecule has 59 heavy (non-hydrogen) atoms. The number of hydrogen-bond acceptors (Lipinski definition) is 3. The van der Waals surface area contributed by atoms with Crippen molar-refractivity contribution in [3.05, 3.63) is 130 Å². The SMILES string of the molecule is C/C=C(\C=C/CC(C)C)B(/C(CNC(/C=C\CC(C)C)=C/C)=C(/C=C(C)C)Nc1ccc(C(C)(C)CCC(C)C)cc1)c1cc2cc3c(cc2o1)C(C)(C)CCC3(C)C. The monoisotopic (exact) mass is 797 g/mol. The number of rotatable bonds is 19. The van der Waals surface area contributed by atoms with Crippen LogP contribution in [0.5, 0.6) is 0 Å². The lowest BCUT2D eigenvalue weighted by Gasteiger charge is -2.41. The molecule has 0 radical (unpaired) electrons. The summed E-state index contributed by atoms with van der Waals surface area (Å²) < 4.78 is 7.16. The molecule has 4 heteroatoms. The summed E-state index contributed by atoms with van der Waals surface area (Å²) >= 11 is 0. The van der Waals surface area contributed by atoms with Crippen molar-refractivity contribution in [2.24, 2.45) is 17.8 Å². The van der Waals surface area contributed by atoms with E-state index in [1.807, 2.05) is 0 Å². The minimum Gasteiger partial charge on any atom is -0.470 e. The summed E-state index contributed by atoms with van der Waals surface area (Å²) in [4.78, 5) is 0. The van der Waals surface area contributed by atoms with Crippen LogP contribution in [-0.2, 0) is 16.2 Å². The second kappa shape index (κ2) is 20.6. The Morgan fingerprint density at radius 2 is 1.39 bits per heavy atom. The largest absolute Gasteiger partial charge is 0.470 e. The molecule has 0 fully saturated rings. The maximum Gasteiger partial charge on any atom is 0.287 e. The molecule has 4 rings (SSSR count). The van der Waals surface area contributed by atoms with Crippen LogP contribution in [0.4, 0.5) is 5.69 Å². The number of benzene rings is 2. The lowest BCUT2D eigenvalue weighted by molar-refractivity contribution is 0.332. The topological polar surface area (TPSA) is 37.2 Å². The van der Waals surface area contributed by atoms with Gasteiger partial charge in [0.1, 0.15) is 5.58 Å². The van der Waals surface area contributed by atoms with Crippen LogP contribution in [0.3, 0.4) is 0 Å². The van der Waals surface area contributed by atoms with Crippen molar-refractivity contribution in [2.45, 2.75) is 166 Å². The highest BCUT2D eigenvalue weighted by Crippen LogP contribution is 2.47. The average Bonchev–Trinajstić information content (AvgIpc) is 3.58. The first-order chi connectivity index (χ1) is 27.7. The van der Waals surface area contributed by atoms with Gasteiger partial charge in [-0.15, -0.1) is 0 Å². The molecule has 2 N–H and O–H groups in total. The highest BCUT2D eigenvalue weighted by atomic mass is 16.3. The maximum absolute atomic E-state index is 7.16. The van der Waals surface area contributed by atoms with Gasteiger partial charge in [0, 0.05) is 29.0 Å². The van der Waals surface area contributed by atoms with Crippen LogP contribution < -0.4 is 16.3 Å².